The van der Waals surface area contributed by atoms with Gasteiger partial charge in [-0.25, -0.2) is 0 Å². The van der Waals surface area contributed by atoms with E-state index in [0.29, 0.717) is 19.3 Å². The van der Waals surface area contributed by atoms with Gasteiger partial charge < -0.3 is 25.8 Å². The number of phenolic OH excluding ortho intramolecular Hbond substituents is 1. The van der Waals surface area contributed by atoms with Crippen molar-refractivity contribution in [2.75, 3.05) is 6.61 Å². The topological polar surface area (TPSA) is 113 Å². The SMILES string of the molecule is Cc1cc(O)cc(C)c1CC(N)C(O)CC=CC(O)C(Cc1ccccc1)C(=O)OCCc1ccccc1. The van der Waals surface area contributed by atoms with Crippen LogP contribution >= 0.6 is 0 Å². The van der Waals surface area contributed by atoms with Crippen LogP contribution in [0.5, 0.6) is 5.75 Å². The van der Waals surface area contributed by atoms with E-state index >= 15 is 0 Å². The number of nitrogens with two attached hydrogens (primary N) is 1. The van der Waals surface area contributed by atoms with Gasteiger partial charge in [-0.15, -0.1) is 0 Å². The van der Waals surface area contributed by atoms with Crippen LogP contribution in [0.4, 0.5) is 0 Å². The molecule has 0 aliphatic rings. The molecule has 0 amide bonds. The van der Waals surface area contributed by atoms with Gasteiger partial charge in [-0.1, -0.05) is 72.8 Å². The summed E-state index contributed by atoms with van der Waals surface area (Å²) in [6, 6.07) is 22.1. The second-order valence-corrected chi connectivity index (χ2v) is 9.85. The lowest BCUT2D eigenvalue weighted by Gasteiger charge is -2.21. The Morgan fingerprint density at radius 3 is 2.11 bits per heavy atom. The summed E-state index contributed by atoms with van der Waals surface area (Å²) < 4.78 is 5.54. The van der Waals surface area contributed by atoms with Gasteiger partial charge in [0.1, 0.15) is 5.75 Å². The first-order valence-electron chi connectivity index (χ1n) is 13.1. The molecule has 0 aliphatic carbocycles. The number of carbonyl (C=O) groups is 1. The van der Waals surface area contributed by atoms with Crippen LogP contribution < -0.4 is 5.73 Å². The van der Waals surface area contributed by atoms with E-state index in [9.17, 15) is 20.1 Å². The Hall–Kier alpha value is -3.45. The fourth-order valence-corrected chi connectivity index (χ4v) is 4.56. The van der Waals surface area contributed by atoms with E-state index in [1.165, 1.54) is 0 Å². The summed E-state index contributed by atoms with van der Waals surface area (Å²) in [7, 11) is 0. The third kappa shape index (κ3) is 8.84. The van der Waals surface area contributed by atoms with Crippen LogP contribution in [0.2, 0.25) is 0 Å². The van der Waals surface area contributed by atoms with Gasteiger partial charge in [0.2, 0.25) is 0 Å². The molecule has 38 heavy (non-hydrogen) atoms. The van der Waals surface area contributed by atoms with Crippen LogP contribution in [0, 0.1) is 19.8 Å². The molecule has 0 bridgehead atoms. The first-order chi connectivity index (χ1) is 18.2. The van der Waals surface area contributed by atoms with Crippen molar-refractivity contribution in [1.29, 1.82) is 0 Å². The molecule has 3 aromatic rings. The second kappa shape index (κ2) is 14.5. The van der Waals surface area contributed by atoms with Gasteiger partial charge in [-0.05, 0) is 73.1 Å². The van der Waals surface area contributed by atoms with Crippen molar-refractivity contribution in [1.82, 2.24) is 0 Å². The summed E-state index contributed by atoms with van der Waals surface area (Å²) in [6.07, 6.45) is 2.91. The number of aliphatic hydroxyl groups is 2. The smallest absolute Gasteiger partial charge is 0.312 e. The zero-order chi connectivity index (χ0) is 27.5. The predicted octanol–water partition coefficient (Wildman–Crippen LogP) is 4.19. The van der Waals surface area contributed by atoms with E-state index in [-0.39, 0.29) is 18.8 Å². The van der Waals surface area contributed by atoms with Crippen LogP contribution in [0.25, 0.3) is 0 Å². The lowest BCUT2D eigenvalue weighted by molar-refractivity contribution is -0.151. The molecule has 3 aromatic carbocycles. The van der Waals surface area contributed by atoms with E-state index < -0.39 is 30.1 Å². The number of aryl methyl sites for hydroxylation is 2. The molecule has 0 aliphatic heterocycles. The number of aliphatic hydroxyl groups excluding tert-OH is 2. The Morgan fingerprint density at radius 1 is 0.921 bits per heavy atom. The highest BCUT2D eigenvalue weighted by molar-refractivity contribution is 5.74. The van der Waals surface area contributed by atoms with Crippen molar-refractivity contribution >= 4 is 5.97 Å². The number of hydrogen-bond donors (Lipinski definition) is 4. The number of carbonyl (C=O) groups excluding carboxylic acids is 1. The molecule has 4 atom stereocenters. The van der Waals surface area contributed by atoms with Gasteiger partial charge in [-0.3, -0.25) is 4.79 Å². The number of ether oxygens (including phenoxy) is 1. The standard InChI is InChI=1S/C32H39NO5/c1-22-18-26(34)19-23(2)27(22)21-29(33)31(36)15-9-14-30(35)28(20-25-12-7-4-8-13-25)32(37)38-17-16-24-10-5-3-6-11-24/h3-14,18-19,28-31,34-36H,15-17,20-21,33H2,1-2H3. The fourth-order valence-electron chi connectivity index (χ4n) is 4.56. The highest BCUT2D eigenvalue weighted by Crippen LogP contribution is 2.23. The third-order valence-corrected chi connectivity index (χ3v) is 6.82. The summed E-state index contributed by atoms with van der Waals surface area (Å²) in [5.41, 5.74) is 11.1. The van der Waals surface area contributed by atoms with Gasteiger partial charge in [0, 0.05) is 12.5 Å². The van der Waals surface area contributed by atoms with Crippen molar-refractivity contribution in [3.63, 3.8) is 0 Å². The highest BCUT2D eigenvalue weighted by atomic mass is 16.5. The maximum Gasteiger partial charge on any atom is 0.312 e. The number of rotatable bonds is 13. The van der Waals surface area contributed by atoms with Crippen molar-refractivity contribution < 1.29 is 24.9 Å². The molecule has 0 spiro atoms. The lowest BCUT2D eigenvalue weighted by atomic mass is 9.92. The van der Waals surface area contributed by atoms with Crippen LogP contribution in [0.1, 0.15) is 34.2 Å². The Morgan fingerprint density at radius 2 is 1.50 bits per heavy atom. The highest BCUT2D eigenvalue weighted by Gasteiger charge is 2.27. The Bertz CT molecular complexity index is 1160. The quantitative estimate of drug-likeness (QED) is 0.200. The molecule has 0 radical (unpaired) electrons. The van der Waals surface area contributed by atoms with Crippen molar-refractivity contribution in [3.8, 4) is 5.75 Å². The summed E-state index contributed by atoms with van der Waals surface area (Å²) in [5, 5.41) is 31.3. The van der Waals surface area contributed by atoms with Crippen molar-refractivity contribution in [2.24, 2.45) is 11.7 Å². The molecule has 5 N–H and O–H groups in total. The molecule has 0 saturated heterocycles. The zero-order valence-electron chi connectivity index (χ0n) is 22.2. The third-order valence-electron chi connectivity index (χ3n) is 6.82. The monoisotopic (exact) mass is 517 g/mol. The molecular formula is C32H39NO5. The summed E-state index contributed by atoms with van der Waals surface area (Å²) in [6.45, 7) is 4.04. The minimum absolute atomic E-state index is 0.207. The Balaban J connectivity index is 1.59. The minimum Gasteiger partial charge on any atom is -0.508 e. The number of esters is 1. The molecule has 202 valence electrons. The molecule has 0 aromatic heterocycles. The van der Waals surface area contributed by atoms with E-state index in [0.717, 1.165) is 27.8 Å². The van der Waals surface area contributed by atoms with E-state index in [1.54, 1.807) is 24.3 Å². The summed E-state index contributed by atoms with van der Waals surface area (Å²) in [5.74, 6) is -1.03. The van der Waals surface area contributed by atoms with Crippen LogP contribution in [-0.2, 0) is 28.8 Å². The molecule has 6 heteroatoms. The predicted molar refractivity (Wildman–Crippen MR) is 150 cm³/mol. The molecule has 6 nitrogen and oxygen atoms in total. The largest absolute Gasteiger partial charge is 0.508 e. The van der Waals surface area contributed by atoms with Gasteiger partial charge >= 0.3 is 5.97 Å². The Kier molecular flexibility index (Phi) is 11.1. The first kappa shape index (κ1) is 29.1. The molecule has 0 saturated carbocycles. The normalized spacial score (nSPS) is 14.7. The van der Waals surface area contributed by atoms with Gasteiger partial charge in [-0.2, -0.15) is 0 Å². The summed E-state index contributed by atoms with van der Waals surface area (Å²) >= 11 is 0. The van der Waals surface area contributed by atoms with Crippen molar-refractivity contribution in [3.05, 3.63) is 113 Å². The van der Waals surface area contributed by atoms with E-state index in [2.05, 4.69) is 0 Å². The molecule has 0 fully saturated rings. The Labute approximate surface area is 225 Å². The van der Waals surface area contributed by atoms with Crippen LogP contribution in [0.15, 0.2) is 84.9 Å². The number of aromatic hydroxyl groups is 1. The fraction of sp³-hybridized carbons (Fsp3) is 0.344. The van der Waals surface area contributed by atoms with Gasteiger partial charge in [0.25, 0.3) is 0 Å². The van der Waals surface area contributed by atoms with Crippen LogP contribution in [0.3, 0.4) is 0 Å². The molecular weight excluding hydrogens is 478 g/mol. The van der Waals surface area contributed by atoms with E-state index in [4.69, 9.17) is 10.5 Å². The molecule has 0 heterocycles. The van der Waals surface area contributed by atoms with Crippen molar-refractivity contribution in [2.45, 2.75) is 57.8 Å². The zero-order valence-corrected chi connectivity index (χ0v) is 22.2. The van der Waals surface area contributed by atoms with E-state index in [1.807, 2.05) is 74.5 Å². The van der Waals surface area contributed by atoms with Crippen LogP contribution in [-0.4, -0.2) is 46.1 Å². The number of phenols is 1. The first-order valence-corrected chi connectivity index (χ1v) is 13.1. The maximum atomic E-state index is 13.0. The average molecular weight is 518 g/mol. The number of benzene rings is 3. The van der Waals surface area contributed by atoms with Gasteiger partial charge in [0.05, 0.1) is 24.7 Å². The maximum absolute atomic E-state index is 13.0. The minimum atomic E-state index is -1.08. The lowest BCUT2D eigenvalue weighted by Crippen LogP contribution is -2.36. The number of hydrogen-bond acceptors (Lipinski definition) is 6. The molecule has 4 unspecified atom stereocenters. The second-order valence-electron chi connectivity index (χ2n) is 9.85. The summed E-state index contributed by atoms with van der Waals surface area (Å²) in [4.78, 5) is 13.0. The average Bonchev–Trinajstić information content (AvgIpc) is 2.90. The molecule has 3 rings (SSSR count). The van der Waals surface area contributed by atoms with Gasteiger partial charge in [0.15, 0.2) is 0 Å².